The average molecular weight is 387 g/mol. The predicted molar refractivity (Wildman–Crippen MR) is 109 cm³/mol. The summed E-state index contributed by atoms with van der Waals surface area (Å²) in [5.41, 5.74) is 5.61. The van der Waals surface area contributed by atoms with Crippen LogP contribution < -0.4 is 9.46 Å². The van der Waals surface area contributed by atoms with E-state index in [0.717, 1.165) is 27.6 Å². The number of methoxy groups -OCH3 is 1. The highest BCUT2D eigenvalue weighted by Gasteiger charge is 2.22. The van der Waals surface area contributed by atoms with Crippen LogP contribution in [-0.2, 0) is 16.4 Å². The van der Waals surface area contributed by atoms with Crippen LogP contribution in [0.3, 0.4) is 0 Å². The number of nitrogens with one attached hydrogen (secondary N) is 2. The molecule has 0 amide bonds. The summed E-state index contributed by atoms with van der Waals surface area (Å²) >= 11 is 0. The van der Waals surface area contributed by atoms with Crippen LogP contribution in [0.15, 0.2) is 35.4 Å². The van der Waals surface area contributed by atoms with Crippen molar-refractivity contribution in [3.8, 4) is 5.75 Å². The third-order valence-electron chi connectivity index (χ3n) is 5.08. The molecular weight excluding hydrogens is 360 g/mol. The SMILES string of the molecule is COc1cc(C)c(S(=O)(=O)NCCc2c[nH]c3ccc(C)cc23)c(C)c1C. The molecule has 0 atom stereocenters. The van der Waals surface area contributed by atoms with Gasteiger partial charge in [0.15, 0.2) is 0 Å². The number of aromatic nitrogens is 1. The van der Waals surface area contributed by atoms with Crippen molar-refractivity contribution >= 4 is 20.9 Å². The lowest BCUT2D eigenvalue weighted by Crippen LogP contribution is -2.27. The fraction of sp³-hybridized carbons (Fsp3) is 0.333. The van der Waals surface area contributed by atoms with E-state index in [9.17, 15) is 8.42 Å². The first-order valence-corrected chi connectivity index (χ1v) is 10.4. The lowest BCUT2D eigenvalue weighted by atomic mass is 10.1. The maximum Gasteiger partial charge on any atom is 0.241 e. The van der Waals surface area contributed by atoms with Crippen molar-refractivity contribution in [1.29, 1.82) is 0 Å². The molecule has 1 heterocycles. The van der Waals surface area contributed by atoms with E-state index >= 15 is 0 Å². The molecule has 3 aromatic rings. The fourth-order valence-electron chi connectivity index (χ4n) is 3.54. The molecular formula is C21H26N2O3S. The number of fused-ring (bicyclic) bond motifs is 1. The van der Waals surface area contributed by atoms with Crippen molar-refractivity contribution < 1.29 is 13.2 Å². The maximum atomic E-state index is 12.9. The van der Waals surface area contributed by atoms with E-state index in [4.69, 9.17) is 4.74 Å². The molecule has 3 rings (SSSR count). The van der Waals surface area contributed by atoms with Gasteiger partial charge in [-0.25, -0.2) is 13.1 Å². The molecule has 6 heteroatoms. The number of benzene rings is 2. The van der Waals surface area contributed by atoms with Crippen LogP contribution in [0, 0.1) is 27.7 Å². The quantitative estimate of drug-likeness (QED) is 0.674. The molecule has 0 aliphatic heterocycles. The number of sulfonamides is 1. The molecule has 2 aromatic carbocycles. The highest BCUT2D eigenvalue weighted by molar-refractivity contribution is 7.89. The second-order valence-electron chi connectivity index (χ2n) is 6.99. The van der Waals surface area contributed by atoms with Crippen LogP contribution in [0.4, 0.5) is 0 Å². The number of aromatic amines is 1. The summed E-state index contributed by atoms with van der Waals surface area (Å²) in [6.45, 7) is 7.89. The molecule has 0 saturated carbocycles. The van der Waals surface area contributed by atoms with Gasteiger partial charge in [0.2, 0.25) is 10.0 Å². The van der Waals surface area contributed by atoms with E-state index in [1.807, 2.05) is 26.1 Å². The van der Waals surface area contributed by atoms with Crippen molar-refractivity contribution in [1.82, 2.24) is 9.71 Å². The standard InChI is InChI=1S/C21H26N2O3S/c1-13-6-7-19-18(10-13)17(12-22-19)8-9-23-27(24,25)21-14(2)11-20(26-5)15(3)16(21)4/h6-7,10-12,22-23H,8-9H2,1-5H3. The van der Waals surface area contributed by atoms with Crippen molar-refractivity contribution in [2.75, 3.05) is 13.7 Å². The van der Waals surface area contributed by atoms with Gasteiger partial charge in [-0.1, -0.05) is 11.6 Å². The summed E-state index contributed by atoms with van der Waals surface area (Å²) in [4.78, 5) is 3.59. The van der Waals surface area contributed by atoms with Crippen molar-refractivity contribution in [3.63, 3.8) is 0 Å². The van der Waals surface area contributed by atoms with Crippen molar-refractivity contribution in [2.24, 2.45) is 0 Å². The van der Waals surface area contributed by atoms with E-state index < -0.39 is 10.0 Å². The largest absolute Gasteiger partial charge is 0.496 e. The Morgan fingerprint density at radius 3 is 2.52 bits per heavy atom. The van der Waals surface area contributed by atoms with Gasteiger partial charge in [-0.3, -0.25) is 0 Å². The Hall–Kier alpha value is -2.31. The molecule has 0 fully saturated rings. The Morgan fingerprint density at radius 2 is 1.81 bits per heavy atom. The third-order valence-corrected chi connectivity index (χ3v) is 6.83. The molecule has 0 saturated heterocycles. The summed E-state index contributed by atoms with van der Waals surface area (Å²) in [5.74, 6) is 0.707. The van der Waals surface area contributed by atoms with Gasteiger partial charge >= 0.3 is 0 Å². The van der Waals surface area contributed by atoms with Crippen LogP contribution in [0.1, 0.15) is 27.8 Å². The molecule has 0 bridgehead atoms. The van der Waals surface area contributed by atoms with Gasteiger partial charge in [-0.2, -0.15) is 0 Å². The van der Waals surface area contributed by atoms with Crippen molar-refractivity contribution in [2.45, 2.75) is 39.0 Å². The molecule has 2 N–H and O–H groups in total. The summed E-state index contributed by atoms with van der Waals surface area (Å²) < 4.78 is 33.9. The summed E-state index contributed by atoms with van der Waals surface area (Å²) in [7, 11) is -2.01. The zero-order chi connectivity index (χ0) is 19.8. The molecule has 27 heavy (non-hydrogen) atoms. The molecule has 5 nitrogen and oxygen atoms in total. The minimum atomic E-state index is -3.60. The van der Waals surface area contributed by atoms with Gasteiger partial charge in [0.25, 0.3) is 0 Å². The summed E-state index contributed by atoms with van der Waals surface area (Å²) in [6.07, 6.45) is 2.57. The average Bonchev–Trinajstić information content (AvgIpc) is 3.00. The number of ether oxygens (including phenoxy) is 1. The summed E-state index contributed by atoms with van der Waals surface area (Å²) in [6, 6.07) is 8.00. The van der Waals surface area contributed by atoms with Gasteiger partial charge < -0.3 is 9.72 Å². The third kappa shape index (κ3) is 3.73. The van der Waals surface area contributed by atoms with Crippen LogP contribution in [0.2, 0.25) is 0 Å². The van der Waals surface area contributed by atoms with E-state index in [1.165, 1.54) is 5.56 Å². The highest BCUT2D eigenvalue weighted by atomic mass is 32.2. The lowest BCUT2D eigenvalue weighted by molar-refractivity contribution is 0.410. The van der Waals surface area contributed by atoms with Crippen LogP contribution >= 0.6 is 0 Å². The van der Waals surface area contributed by atoms with Gasteiger partial charge in [-0.15, -0.1) is 0 Å². The second kappa shape index (κ2) is 7.37. The topological polar surface area (TPSA) is 71.2 Å². The number of hydrogen-bond donors (Lipinski definition) is 2. The lowest BCUT2D eigenvalue weighted by Gasteiger charge is -2.16. The normalized spacial score (nSPS) is 11.9. The number of aryl methyl sites for hydroxylation is 2. The van der Waals surface area contributed by atoms with E-state index in [0.29, 0.717) is 29.2 Å². The molecule has 0 aliphatic rings. The smallest absolute Gasteiger partial charge is 0.241 e. The first-order chi connectivity index (χ1) is 12.7. The summed E-state index contributed by atoms with van der Waals surface area (Å²) in [5, 5.41) is 1.14. The zero-order valence-electron chi connectivity index (χ0n) is 16.4. The Kier molecular flexibility index (Phi) is 5.31. The second-order valence-corrected chi connectivity index (χ2v) is 8.69. The Labute approximate surface area is 160 Å². The zero-order valence-corrected chi connectivity index (χ0v) is 17.3. The molecule has 0 unspecified atom stereocenters. The van der Waals surface area contributed by atoms with Crippen molar-refractivity contribution in [3.05, 3.63) is 58.3 Å². The van der Waals surface area contributed by atoms with Gasteiger partial charge in [-0.05, 0) is 74.6 Å². The minimum absolute atomic E-state index is 0.340. The van der Waals surface area contributed by atoms with E-state index in [1.54, 1.807) is 20.1 Å². The number of hydrogen-bond acceptors (Lipinski definition) is 3. The molecule has 0 spiro atoms. The van der Waals surface area contributed by atoms with Gasteiger partial charge in [0.05, 0.1) is 12.0 Å². The number of rotatable bonds is 6. The van der Waals surface area contributed by atoms with E-state index in [-0.39, 0.29) is 0 Å². The Balaban J connectivity index is 1.81. The van der Waals surface area contributed by atoms with Crippen LogP contribution in [0.25, 0.3) is 10.9 Å². The number of H-pyrrole nitrogens is 1. The Bertz CT molecular complexity index is 1100. The molecule has 0 radical (unpaired) electrons. The van der Waals surface area contributed by atoms with Gasteiger partial charge in [0.1, 0.15) is 5.75 Å². The van der Waals surface area contributed by atoms with Crippen LogP contribution in [0.5, 0.6) is 5.75 Å². The maximum absolute atomic E-state index is 12.9. The van der Waals surface area contributed by atoms with Crippen LogP contribution in [-0.4, -0.2) is 27.1 Å². The molecule has 0 aliphatic carbocycles. The molecule has 144 valence electrons. The first-order valence-electron chi connectivity index (χ1n) is 8.95. The fourth-order valence-corrected chi connectivity index (χ4v) is 5.09. The monoisotopic (exact) mass is 386 g/mol. The highest BCUT2D eigenvalue weighted by Crippen LogP contribution is 2.30. The van der Waals surface area contributed by atoms with E-state index in [2.05, 4.69) is 28.8 Å². The minimum Gasteiger partial charge on any atom is -0.496 e. The molecule has 1 aromatic heterocycles. The van der Waals surface area contributed by atoms with Gasteiger partial charge in [0, 0.05) is 23.6 Å². The Morgan fingerprint density at radius 1 is 1.07 bits per heavy atom. The predicted octanol–water partition coefficient (Wildman–Crippen LogP) is 3.93. The first kappa shape index (κ1) is 19.5.